The summed E-state index contributed by atoms with van der Waals surface area (Å²) in [6.07, 6.45) is 3.66. The molecule has 0 radical (unpaired) electrons. The van der Waals surface area contributed by atoms with E-state index >= 15 is 0 Å². The van der Waals surface area contributed by atoms with Crippen molar-refractivity contribution in [2.45, 2.75) is 11.7 Å². The maximum atomic E-state index is 12.4. The highest BCUT2D eigenvalue weighted by Gasteiger charge is 2.13. The van der Waals surface area contributed by atoms with E-state index in [-0.39, 0.29) is 5.91 Å². The van der Waals surface area contributed by atoms with E-state index in [1.165, 1.54) is 11.8 Å². The number of benzene rings is 2. The van der Waals surface area contributed by atoms with E-state index in [0.29, 0.717) is 12.3 Å². The molecule has 25 heavy (non-hydrogen) atoms. The van der Waals surface area contributed by atoms with Crippen LogP contribution in [0.2, 0.25) is 0 Å². The van der Waals surface area contributed by atoms with Crippen molar-refractivity contribution in [2.75, 3.05) is 12.8 Å². The average molecular weight is 416 g/mol. The molecule has 0 spiro atoms. The summed E-state index contributed by atoms with van der Waals surface area (Å²) in [5.41, 5.74) is 2.15. The predicted molar refractivity (Wildman–Crippen MR) is 105 cm³/mol. The molecule has 2 aromatic carbocycles. The summed E-state index contributed by atoms with van der Waals surface area (Å²) in [6, 6.07) is 18.0. The molecular formula is C19H18BrN3OS. The number of hydrogen-bond acceptors (Lipinski definition) is 3. The van der Waals surface area contributed by atoms with Gasteiger partial charge in [0, 0.05) is 36.1 Å². The molecule has 1 heterocycles. The van der Waals surface area contributed by atoms with E-state index in [0.717, 1.165) is 20.9 Å². The first-order valence-electron chi connectivity index (χ1n) is 7.83. The van der Waals surface area contributed by atoms with Gasteiger partial charge in [-0.05, 0) is 29.8 Å². The second-order valence-corrected chi connectivity index (χ2v) is 7.44. The van der Waals surface area contributed by atoms with Gasteiger partial charge in [-0.3, -0.25) is 9.36 Å². The Morgan fingerprint density at radius 2 is 1.88 bits per heavy atom. The van der Waals surface area contributed by atoms with Gasteiger partial charge in [0.2, 0.25) is 5.91 Å². The number of imidazole rings is 1. The van der Waals surface area contributed by atoms with Crippen molar-refractivity contribution in [1.82, 2.24) is 14.5 Å². The molecule has 0 saturated heterocycles. The first-order valence-corrected chi connectivity index (χ1v) is 9.61. The molecule has 0 saturated carbocycles. The molecule has 6 heteroatoms. The van der Waals surface area contributed by atoms with Crippen molar-refractivity contribution in [2.24, 2.45) is 0 Å². The molecule has 0 unspecified atom stereocenters. The smallest absolute Gasteiger partial charge is 0.233 e. The Kier molecular flexibility index (Phi) is 5.94. The van der Waals surface area contributed by atoms with Crippen molar-refractivity contribution in [3.8, 4) is 5.69 Å². The highest BCUT2D eigenvalue weighted by Crippen LogP contribution is 2.22. The number of halogens is 1. The first kappa shape index (κ1) is 17.8. The molecule has 0 bridgehead atoms. The molecule has 0 aliphatic rings. The van der Waals surface area contributed by atoms with Gasteiger partial charge in [-0.2, -0.15) is 0 Å². The fourth-order valence-corrected chi connectivity index (χ4v) is 3.55. The Morgan fingerprint density at radius 3 is 2.60 bits per heavy atom. The number of nitrogens with zero attached hydrogens (tertiary/aromatic N) is 3. The molecule has 0 aliphatic heterocycles. The minimum absolute atomic E-state index is 0.0826. The van der Waals surface area contributed by atoms with Crippen LogP contribution >= 0.6 is 27.7 Å². The molecule has 0 atom stereocenters. The maximum Gasteiger partial charge on any atom is 0.233 e. The minimum Gasteiger partial charge on any atom is -0.341 e. The number of amides is 1. The van der Waals surface area contributed by atoms with E-state index < -0.39 is 0 Å². The maximum absolute atomic E-state index is 12.4. The van der Waals surface area contributed by atoms with Crippen LogP contribution in [0.15, 0.2) is 76.6 Å². The monoisotopic (exact) mass is 415 g/mol. The molecule has 3 aromatic rings. The van der Waals surface area contributed by atoms with Crippen LogP contribution in [-0.4, -0.2) is 33.2 Å². The van der Waals surface area contributed by atoms with Gasteiger partial charge in [-0.1, -0.05) is 58.0 Å². The Hall–Kier alpha value is -2.05. The van der Waals surface area contributed by atoms with E-state index in [1.807, 2.05) is 72.4 Å². The van der Waals surface area contributed by atoms with Crippen LogP contribution in [0.4, 0.5) is 0 Å². The lowest BCUT2D eigenvalue weighted by molar-refractivity contribution is -0.127. The molecular weight excluding hydrogens is 398 g/mol. The Balaban J connectivity index is 1.61. The summed E-state index contributed by atoms with van der Waals surface area (Å²) in [6.45, 7) is 0.612. The Labute approximate surface area is 160 Å². The van der Waals surface area contributed by atoms with Gasteiger partial charge in [-0.25, -0.2) is 4.98 Å². The fraction of sp³-hybridized carbons (Fsp3) is 0.158. The van der Waals surface area contributed by atoms with Gasteiger partial charge >= 0.3 is 0 Å². The van der Waals surface area contributed by atoms with Crippen LogP contribution in [-0.2, 0) is 11.3 Å². The van der Waals surface area contributed by atoms with Gasteiger partial charge in [0.25, 0.3) is 0 Å². The fourth-order valence-electron chi connectivity index (χ4n) is 2.38. The second-order valence-electron chi connectivity index (χ2n) is 5.58. The summed E-state index contributed by atoms with van der Waals surface area (Å²) in [7, 11) is 1.83. The number of thioether (sulfide) groups is 1. The molecule has 1 aromatic heterocycles. The molecule has 1 amide bonds. The largest absolute Gasteiger partial charge is 0.341 e. The molecule has 0 aliphatic carbocycles. The summed E-state index contributed by atoms with van der Waals surface area (Å²) < 4.78 is 3.02. The van der Waals surface area contributed by atoms with Gasteiger partial charge < -0.3 is 4.90 Å². The molecule has 3 rings (SSSR count). The van der Waals surface area contributed by atoms with E-state index in [4.69, 9.17) is 0 Å². The first-order chi connectivity index (χ1) is 12.1. The normalized spacial score (nSPS) is 10.6. The van der Waals surface area contributed by atoms with Gasteiger partial charge in [0.05, 0.1) is 5.75 Å². The molecule has 128 valence electrons. The number of hydrogen-bond donors (Lipinski definition) is 0. The zero-order valence-electron chi connectivity index (χ0n) is 13.8. The van der Waals surface area contributed by atoms with E-state index in [1.54, 1.807) is 11.1 Å². The second kappa shape index (κ2) is 8.36. The van der Waals surface area contributed by atoms with Crippen LogP contribution in [0.3, 0.4) is 0 Å². The van der Waals surface area contributed by atoms with Crippen LogP contribution in [0.25, 0.3) is 5.69 Å². The van der Waals surface area contributed by atoms with Gasteiger partial charge in [-0.15, -0.1) is 0 Å². The van der Waals surface area contributed by atoms with Gasteiger partial charge in [0.15, 0.2) is 5.16 Å². The number of rotatable bonds is 6. The lowest BCUT2D eigenvalue weighted by Gasteiger charge is -2.17. The summed E-state index contributed by atoms with van der Waals surface area (Å²) in [4.78, 5) is 18.5. The zero-order chi connectivity index (χ0) is 17.6. The third-order valence-corrected chi connectivity index (χ3v) is 5.20. The summed E-state index contributed by atoms with van der Waals surface area (Å²) >= 11 is 4.89. The van der Waals surface area contributed by atoms with Crippen molar-refractivity contribution in [1.29, 1.82) is 0 Å². The highest BCUT2D eigenvalue weighted by atomic mass is 79.9. The molecule has 4 nitrogen and oxygen atoms in total. The van der Waals surface area contributed by atoms with Crippen LogP contribution in [0.5, 0.6) is 0 Å². The summed E-state index contributed by atoms with van der Waals surface area (Å²) in [5, 5.41) is 0.809. The molecule has 0 fully saturated rings. The van der Waals surface area contributed by atoms with Crippen molar-refractivity contribution in [3.05, 3.63) is 77.0 Å². The van der Waals surface area contributed by atoms with Crippen molar-refractivity contribution < 1.29 is 4.79 Å². The number of aromatic nitrogens is 2. The van der Waals surface area contributed by atoms with E-state index in [2.05, 4.69) is 20.9 Å². The van der Waals surface area contributed by atoms with Crippen LogP contribution in [0.1, 0.15) is 5.56 Å². The third kappa shape index (κ3) is 4.74. The predicted octanol–water partition coefficient (Wildman–Crippen LogP) is 4.39. The zero-order valence-corrected chi connectivity index (χ0v) is 16.2. The lowest BCUT2D eigenvalue weighted by atomic mass is 10.2. The van der Waals surface area contributed by atoms with Crippen molar-refractivity contribution >= 4 is 33.6 Å². The van der Waals surface area contributed by atoms with E-state index in [9.17, 15) is 4.79 Å². The quantitative estimate of drug-likeness (QED) is 0.560. The average Bonchev–Trinajstić information content (AvgIpc) is 3.09. The number of carbonyl (C=O) groups is 1. The SMILES string of the molecule is CN(Cc1ccccc1)C(=O)CSc1nccn1-c1ccc(Br)cc1. The Morgan fingerprint density at radius 1 is 1.16 bits per heavy atom. The Bertz CT molecular complexity index is 833. The number of carbonyl (C=O) groups excluding carboxylic acids is 1. The lowest BCUT2D eigenvalue weighted by Crippen LogP contribution is -2.27. The van der Waals surface area contributed by atoms with Crippen LogP contribution < -0.4 is 0 Å². The van der Waals surface area contributed by atoms with Crippen LogP contribution in [0, 0.1) is 0 Å². The molecule has 0 N–H and O–H groups in total. The standard InChI is InChI=1S/C19H18BrN3OS/c1-22(13-15-5-3-2-4-6-15)18(24)14-25-19-21-11-12-23(19)17-9-7-16(20)8-10-17/h2-12H,13-14H2,1H3. The third-order valence-electron chi connectivity index (χ3n) is 3.72. The van der Waals surface area contributed by atoms with Gasteiger partial charge in [0.1, 0.15) is 0 Å². The minimum atomic E-state index is 0.0826. The topological polar surface area (TPSA) is 38.1 Å². The summed E-state index contributed by atoms with van der Waals surface area (Å²) in [5.74, 6) is 0.441. The highest BCUT2D eigenvalue weighted by molar-refractivity contribution is 9.10. The van der Waals surface area contributed by atoms with Crippen molar-refractivity contribution in [3.63, 3.8) is 0 Å².